The summed E-state index contributed by atoms with van der Waals surface area (Å²) in [6, 6.07) is 11.0. The van der Waals surface area contributed by atoms with E-state index in [2.05, 4.69) is 5.32 Å². The average molecular weight is 326 g/mol. The summed E-state index contributed by atoms with van der Waals surface area (Å²) in [5.74, 6) is 1.49. The second-order valence-corrected chi connectivity index (χ2v) is 5.44. The van der Waals surface area contributed by atoms with Crippen molar-refractivity contribution < 1.29 is 9.47 Å². The maximum atomic E-state index is 6.23. The van der Waals surface area contributed by atoms with Gasteiger partial charge in [-0.1, -0.05) is 23.2 Å². The van der Waals surface area contributed by atoms with Crippen LogP contribution in [0.5, 0.6) is 11.5 Å². The maximum Gasteiger partial charge on any atom is 0.142 e. The third-order valence-corrected chi connectivity index (χ3v) is 3.78. The van der Waals surface area contributed by atoms with Gasteiger partial charge in [0.05, 0.1) is 25.9 Å². The molecule has 2 aromatic carbocycles. The first-order valence-electron chi connectivity index (χ1n) is 6.48. The molecule has 5 heteroatoms. The van der Waals surface area contributed by atoms with Crippen LogP contribution in [0.4, 0.5) is 5.69 Å². The van der Waals surface area contributed by atoms with Gasteiger partial charge in [-0.05, 0) is 42.8 Å². The molecule has 0 saturated heterocycles. The van der Waals surface area contributed by atoms with Crippen LogP contribution in [0.15, 0.2) is 36.4 Å². The van der Waals surface area contributed by atoms with Crippen LogP contribution >= 0.6 is 23.2 Å². The van der Waals surface area contributed by atoms with Crippen molar-refractivity contribution >= 4 is 28.9 Å². The zero-order valence-corrected chi connectivity index (χ0v) is 13.6. The minimum absolute atomic E-state index is 0.0304. The van der Waals surface area contributed by atoms with Crippen molar-refractivity contribution in [2.24, 2.45) is 0 Å². The Morgan fingerprint density at radius 3 is 2.43 bits per heavy atom. The minimum atomic E-state index is -0.0304. The van der Waals surface area contributed by atoms with Crippen molar-refractivity contribution in [2.45, 2.75) is 13.0 Å². The van der Waals surface area contributed by atoms with Gasteiger partial charge in [-0.2, -0.15) is 0 Å². The molecule has 1 N–H and O–H groups in total. The normalized spacial score (nSPS) is 11.9. The molecule has 1 unspecified atom stereocenters. The SMILES string of the molecule is COc1ccc(OC)c(NC(C)c2cc(Cl)ccc2Cl)c1. The Labute approximate surface area is 134 Å². The molecule has 0 bridgehead atoms. The Balaban J connectivity index is 2.30. The molecule has 0 aliphatic carbocycles. The standard InChI is InChI=1S/C16H17Cl2NO2/c1-10(13-8-11(17)4-6-14(13)18)19-15-9-12(20-2)5-7-16(15)21-3/h4-10,19H,1-3H3. The highest BCUT2D eigenvalue weighted by Crippen LogP contribution is 2.34. The molecule has 0 fully saturated rings. The fourth-order valence-electron chi connectivity index (χ4n) is 2.08. The van der Waals surface area contributed by atoms with Gasteiger partial charge in [0.25, 0.3) is 0 Å². The molecule has 0 heterocycles. The van der Waals surface area contributed by atoms with Crippen LogP contribution in [0.1, 0.15) is 18.5 Å². The molecule has 0 aromatic heterocycles. The average Bonchev–Trinajstić information content (AvgIpc) is 2.49. The first-order valence-corrected chi connectivity index (χ1v) is 7.24. The van der Waals surface area contributed by atoms with E-state index in [-0.39, 0.29) is 6.04 Å². The number of hydrogen-bond acceptors (Lipinski definition) is 3. The summed E-state index contributed by atoms with van der Waals surface area (Å²) in [4.78, 5) is 0. The van der Waals surface area contributed by atoms with Crippen molar-refractivity contribution in [1.29, 1.82) is 0 Å². The lowest BCUT2D eigenvalue weighted by Crippen LogP contribution is -2.08. The summed E-state index contributed by atoms with van der Waals surface area (Å²) >= 11 is 12.3. The van der Waals surface area contributed by atoms with Crippen LogP contribution in [-0.4, -0.2) is 14.2 Å². The first-order chi connectivity index (χ1) is 10.0. The number of rotatable bonds is 5. The minimum Gasteiger partial charge on any atom is -0.497 e. The lowest BCUT2D eigenvalue weighted by atomic mass is 10.1. The van der Waals surface area contributed by atoms with Crippen molar-refractivity contribution in [3.63, 3.8) is 0 Å². The summed E-state index contributed by atoms with van der Waals surface area (Å²) in [7, 11) is 3.26. The van der Waals surface area contributed by atoms with Gasteiger partial charge in [0.1, 0.15) is 11.5 Å². The van der Waals surface area contributed by atoms with Gasteiger partial charge in [0.15, 0.2) is 0 Å². The second-order valence-electron chi connectivity index (χ2n) is 4.60. The van der Waals surface area contributed by atoms with Gasteiger partial charge in [-0.15, -0.1) is 0 Å². The molecule has 2 rings (SSSR count). The van der Waals surface area contributed by atoms with E-state index in [0.29, 0.717) is 10.0 Å². The highest BCUT2D eigenvalue weighted by molar-refractivity contribution is 6.33. The second kappa shape index (κ2) is 6.92. The summed E-state index contributed by atoms with van der Waals surface area (Å²) in [6.45, 7) is 2.01. The largest absolute Gasteiger partial charge is 0.497 e. The maximum absolute atomic E-state index is 6.23. The van der Waals surface area contributed by atoms with Crippen LogP contribution in [0.25, 0.3) is 0 Å². The zero-order chi connectivity index (χ0) is 15.4. The molecule has 3 nitrogen and oxygen atoms in total. The van der Waals surface area contributed by atoms with E-state index in [1.807, 2.05) is 31.2 Å². The third kappa shape index (κ3) is 3.74. The molecule has 0 aliphatic heterocycles. The van der Waals surface area contributed by atoms with E-state index in [4.69, 9.17) is 32.7 Å². The summed E-state index contributed by atoms with van der Waals surface area (Å²) < 4.78 is 10.6. The highest BCUT2D eigenvalue weighted by Gasteiger charge is 2.13. The number of hydrogen-bond donors (Lipinski definition) is 1. The molecule has 2 aromatic rings. The van der Waals surface area contributed by atoms with E-state index >= 15 is 0 Å². The van der Waals surface area contributed by atoms with E-state index in [1.165, 1.54) is 0 Å². The fraction of sp³-hybridized carbons (Fsp3) is 0.250. The molecule has 0 radical (unpaired) electrons. The number of ether oxygens (including phenoxy) is 2. The van der Waals surface area contributed by atoms with Crippen molar-refractivity contribution in [3.05, 3.63) is 52.0 Å². The van der Waals surface area contributed by atoms with Crippen LogP contribution < -0.4 is 14.8 Å². The van der Waals surface area contributed by atoms with Gasteiger partial charge >= 0.3 is 0 Å². The number of nitrogens with one attached hydrogen (secondary N) is 1. The number of methoxy groups -OCH3 is 2. The predicted molar refractivity (Wildman–Crippen MR) is 88.0 cm³/mol. The van der Waals surface area contributed by atoms with Gasteiger partial charge in [0.2, 0.25) is 0 Å². The van der Waals surface area contributed by atoms with Gasteiger partial charge in [-0.3, -0.25) is 0 Å². The zero-order valence-electron chi connectivity index (χ0n) is 12.1. The van der Waals surface area contributed by atoms with Crippen molar-refractivity contribution in [1.82, 2.24) is 0 Å². The molecule has 1 atom stereocenters. The van der Waals surface area contributed by atoms with Crippen LogP contribution in [0.2, 0.25) is 10.0 Å². The molecular weight excluding hydrogens is 309 g/mol. The molecule has 0 aliphatic rings. The Morgan fingerprint density at radius 1 is 1.00 bits per heavy atom. The molecule has 0 saturated carbocycles. The van der Waals surface area contributed by atoms with E-state index < -0.39 is 0 Å². The molecule has 21 heavy (non-hydrogen) atoms. The molecule has 0 spiro atoms. The van der Waals surface area contributed by atoms with Crippen molar-refractivity contribution in [3.8, 4) is 11.5 Å². The van der Waals surface area contributed by atoms with Crippen LogP contribution in [0.3, 0.4) is 0 Å². The lowest BCUT2D eigenvalue weighted by Gasteiger charge is -2.19. The van der Waals surface area contributed by atoms with Crippen LogP contribution in [0, 0.1) is 0 Å². The lowest BCUT2D eigenvalue weighted by molar-refractivity contribution is 0.404. The summed E-state index contributed by atoms with van der Waals surface area (Å²) in [6.07, 6.45) is 0. The van der Waals surface area contributed by atoms with Gasteiger partial charge in [0, 0.05) is 16.1 Å². The predicted octanol–water partition coefficient (Wildman–Crippen LogP) is 5.18. The Kier molecular flexibility index (Phi) is 5.21. The third-order valence-electron chi connectivity index (χ3n) is 3.20. The molecule has 0 amide bonds. The highest BCUT2D eigenvalue weighted by atomic mass is 35.5. The number of anilines is 1. The van der Waals surface area contributed by atoms with E-state index in [9.17, 15) is 0 Å². The summed E-state index contributed by atoms with van der Waals surface area (Å²) in [5.41, 5.74) is 1.76. The van der Waals surface area contributed by atoms with Crippen LogP contribution in [-0.2, 0) is 0 Å². The van der Waals surface area contributed by atoms with Crippen molar-refractivity contribution in [2.75, 3.05) is 19.5 Å². The number of halogens is 2. The summed E-state index contributed by atoms with van der Waals surface area (Å²) in [5, 5.41) is 4.69. The quantitative estimate of drug-likeness (QED) is 0.821. The van der Waals surface area contributed by atoms with E-state index in [0.717, 1.165) is 22.7 Å². The monoisotopic (exact) mass is 325 g/mol. The number of benzene rings is 2. The Morgan fingerprint density at radius 2 is 1.76 bits per heavy atom. The molecular formula is C16H17Cl2NO2. The van der Waals surface area contributed by atoms with Gasteiger partial charge in [-0.25, -0.2) is 0 Å². The van der Waals surface area contributed by atoms with Gasteiger partial charge < -0.3 is 14.8 Å². The first kappa shape index (κ1) is 15.8. The topological polar surface area (TPSA) is 30.5 Å². The fourth-order valence-corrected chi connectivity index (χ4v) is 2.55. The Hall–Kier alpha value is -1.58. The van der Waals surface area contributed by atoms with E-state index in [1.54, 1.807) is 26.4 Å². The smallest absolute Gasteiger partial charge is 0.142 e. The molecule has 112 valence electrons. The Bertz CT molecular complexity index is 632.